The molecular formula is C12H14Cl2N2O3. The van der Waals surface area contributed by atoms with Crippen LogP contribution in [0.3, 0.4) is 0 Å². The monoisotopic (exact) mass is 304 g/mol. The number of carboxylic acids is 1. The molecule has 0 saturated carbocycles. The minimum Gasteiger partial charge on any atom is -0.480 e. The molecule has 0 heterocycles. The van der Waals surface area contributed by atoms with E-state index in [1.54, 1.807) is 12.1 Å². The van der Waals surface area contributed by atoms with Gasteiger partial charge in [-0.2, -0.15) is 0 Å². The lowest BCUT2D eigenvalue weighted by atomic mass is 10.1. The van der Waals surface area contributed by atoms with Crippen LogP contribution in [-0.4, -0.2) is 34.6 Å². The summed E-state index contributed by atoms with van der Waals surface area (Å²) >= 11 is 11.7. The van der Waals surface area contributed by atoms with E-state index in [0.29, 0.717) is 15.7 Å². The molecule has 7 heteroatoms. The highest BCUT2D eigenvalue weighted by Crippen LogP contribution is 2.26. The predicted octanol–water partition coefficient (Wildman–Crippen LogP) is 3.32. The molecule has 104 valence electrons. The number of nitrogens with one attached hydrogen (secondary N) is 1. The number of hydrogen-bond acceptors (Lipinski definition) is 2. The lowest BCUT2D eigenvalue weighted by Crippen LogP contribution is -2.52. The Kier molecular flexibility index (Phi) is 4.66. The average Bonchev–Trinajstić information content (AvgIpc) is 2.32. The van der Waals surface area contributed by atoms with Crippen molar-refractivity contribution in [2.45, 2.75) is 19.4 Å². The second-order valence-electron chi connectivity index (χ2n) is 4.48. The summed E-state index contributed by atoms with van der Waals surface area (Å²) in [6.45, 7) is 2.85. The van der Waals surface area contributed by atoms with Crippen LogP contribution in [0.5, 0.6) is 0 Å². The number of nitrogens with zero attached hydrogens (tertiary/aromatic N) is 1. The second-order valence-corrected chi connectivity index (χ2v) is 5.32. The highest BCUT2D eigenvalue weighted by Gasteiger charge is 2.35. The van der Waals surface area contributed by atoms with Gasteiger partial charge < -0.3 is 15.3 Å². The third-order valence-corrected chi connectivity index (χ3v) is 3.40. The van der Waals surface area contributed by atoms with Crippen LogP contribution in [0.4, 0.5) is 10.5 Å². The number of amides is 2. The molecule has 1 aromatic carbocycles. The fraction of sp³-hybridized carbons (Fsp3) is 0.333. The van der Waals surface area contributed by atoms with Gasteiger partial charge >= 0.3 is 12.0 Å². The molecular weight excluding hydrogens is 291 g/mol. The van der Waals surface area contributed by atoms with Gasteiger partial charge in [-0.15, -0.1) is 0 Å². The van der Waals surface area contributed by atoms with Crippen molar-refractivity contribution in [3.05, 3.63) is 28.2 Å². The van der Waals surface area contributed by atoms with E-state index in [-0.39, 0.29) is 0 Å². The van der Waals surface area contributed by atoms with Crippen LogP contribution in [0.25, 0.3) is 0 Å². The van der Waals surface area contributed by atoms with Crippen molar-refractivity contribution in [3.63, 3.8) is 0 Å². The normalized spacial score (nSPS) is 11.0. The SMILES string of the molecule is CN(C(=O)Nc1cc(Cl)ccc1Cl)C(C)(C)C(=O)O. The summed E-state index contributed by atoms with van der Waals surface area (Å²) in [6.07, 6.45) is 0. The Morgan fingerprint density at radius 2 is 1.89 bits per heavy atom. The molecule has 2 N–H and O–H groups in total. The maximum absolute atomic E-state index is 12.0. The van der Waals surface area contributed by atoms with Gasteiger partial charge in [-0.05, 0) is 32.0 Å². The molecule has 2 amide bonds. The van der Waals surface area contributed by atoms with Gasteiger partial charge in [0.15, 0.2) is 0 Å². The Balaban J connectivity index is 2.91. The van der Waals surface area contributed by atoms with Gasteiger partial charge in [-0.3, -0.25) is 0 Å². The number of halogens is 2. The van der Waals surface area contributed by atoms with E-state index in [9.17, 15) is 9.59 Å². The minimum absolute atomic E-state index is 0.319. The maximum Gasteiger partial charge on any atom is 0.329 e. The molecule has 0 aliphatic carbocycles. The van der Waals surface area contributed by atoms with Gasteiger partial charge in [0.05, 0.1) is 10.7 Å². The smallest absolute Gasteiger partial charge is 0.329 e. The van der Waals surface area contributed by atoms with Crippen molar-refractivity contribution in [2.75, 3.05) is 12.4 Å². The molecule has 1 aromatic rings. The maximum atomic E-state index is 12.0. The lowest BCUT2D eigenvalue weighted by molar-refractivity contribution is -0.146. The van der Waals surface area contributed by atoms with Gasteiger partial charge in [0, 0.05) is 12.1 Å². The van der Waals surface area contributed by atoms with Crippen molar-refractivity contribution in [1.29, 1.82) is 0 Å². The van der Waals surface area contributed by atoms with Gasteiger partial charge in [0.1, 0.15) is 5.54 Å². The zero-order valence-corrected chi connectivity index (χ0v) is 12.2. The largest absolute Gasteiger partial charge is 0.480 e. The van der Waals surface area contributed by atoms with Crippen LogP contribution in [0.1, 0.15) is 13.8 Å². The van der Waals surface area contributed by atoms with Crippen LogP contribution in [0, 0.1) is 0 Å². The summed E-state index contributed by atoms with van der Waals surface area (Å²) in [6, 6.07) is 4.03. The first-order valence-corrected chi connectivity index (χ1v) is 6.15. The van der Waals surface area contributed by atoms with E-state index in [0.717, 1.165) is 4.90 Å². The van der Waals surface area contributed by atoms with Gasteiger partial charge in [-0.25, -0.2) is 9.59 Å². The Hall–Kier alpha value is -1.46. The third kappa shape index (κ3) is 3.52. The number of carboxylic acid groups (broad SMARTS) is 1. The minimum atomic E-state index is -1.34. The van der Waals surface area contributed by atoms with Crippen molar-refractivity contribution in [1.82, 2.24) is 4.90 Å². The molecule has 0 spiro atoms. The first-order valence-electron chi connectivity index (χ1n) is 5.39. The summed E-state index contributed by atoms with van der Waals surface area (Å²) in [4.78, 5) is 24.1. The third-order valence-electron chi connectivity index (χ3n) is 2.84. The Morgan fingerprint density at radius 3 is 2.42 bits per heavy atom. The topological polar surface area (TPSA) is 69.6 Å². The zero-order chi connectivity index (χ0) is 14.8. The summed E-state index contributed by atoms with van der Waals surface area (Å²) < 4.78 is 0. The van der Waals surface area contributed by atoms with Crippen LogP contribution < -0.4 is 5.32 Å². The highest BCUT2D eigenvalue weighted by atomic mass is 35.5. The van der Waals surface area contributed by atoms with E-state index < -0.39 is 17.5 Å². The van der Waals surface area contributed by atoms with Crippen molar-refractivity contribution in [3.8, 4) is 0 Å². The quantitative estimate of drug-likeness (QED) is 0.900. The molecule has 0 unspecified atom stereocenters. The molecule has 0 bridgehead atoms. The van der Waals surface area contributed by atoms with Gasteiger partial charge in [-0.1, -0.05) is 23.2 Å². The number of benzene rings is 1. The number of hydrogen-bond donors (Lipinski definition) is 2. The average molecular weight is 305 g/mol. The van der Waals surface area contributed by atoms with E-state index in [1.807, 2.05) is 0 Å². The molecule has 0 aliphatic heterocycles. The van der Waals surface area contributed by atoms with E-state index in [1.165, 1.54) is 27.0 Å². The number of urea groups is 1. The summed E-state index contributed by atoms with van der Waals surface area (Å²) in [5.41, 5.74) is -1.01. The molecule has 0 radical (unpaired) electrons. The number of anilines is 1. The molecule has 5 nitrogen and oxygen atoms in total. The number of likely N-dealkylation sites (N-methyl/N-ethyl adjacent to an activating group) is 1. The highest BCUT2D eigenvalue weighted by molar-refractivity contribution is 6.35. The van der Waals surface area contributed by atoms with Gasteiger partial charge in [0.2, 0.25) is 0 Å². The van der Waals surface area contributed by atoms with Crippen molar-refractivity contribution in [2.24, 2.45) is 0 Å². The summed E-state index contributed by atoms with van der Waals surface area (Å²) in [5, 5.41) is 12.3. The van der Waals surface area contributed by atoms with Crippen LogP contribution >= 0.6 is 23.2 Å². The molecule has 0 fully saturated rings. The van der Waals surface area contributed by atoms with Crippen LogP contribution in [0.15, 0.2) is 18.2 Å². The first kappa shape index (κ1) is 15.6. The van der Waals surface area contributed by atoms with Crippen LogP contribution in [-0.2, 0) is 4.79 Å². The number of carbonyl (C=O) groups excluding carboxylic acids is 1. The fourth-order valence-electron chi connectivity index (χ4n) is 1.19. The molecule has 0 aliphatic rings. The number of carbonyl (C=O) groups is 2. The Bertz CT molecular complexity index is 518. The molecule has 0 saturated heterocycles. The Morgan fingerprint density at radius 1 is 1.32 bits per heavy atom. The molecule has 19 heavy (non-hydrogen) atoms. The summed E-state index contributed by atoms with van der Waals surface area (Å²) in [7, 11) is 1.39. The number of aliphatic carboxylic acids is 1. The standard InChI is InChI=1S/C12H14Cl2N2O3/c1-12(2,10(17)18)16(3)11(19)15-9-6-7(13)4-5-8(9)14/h4-6H,1-3H3,(H,15,19)(H,17,18). The summed E-state index contributed by atoms with van der Waals surface area (Å²) in [5.74, 6) is -1.11. The lowest BCUT2D eigenvalue weighted by Gasteiger charge is -2.31. The fourth-order valence-corrected chi connectivity index (χ4v) is 1.53. The number of rotatable bonds is 3. The van der Waals surface area contributed by atoms with E-state index >= 15 is 0 Å². The van der Waals surface area contributed by atoms with Crippen molar-refractivity contribution >= 4 is 40.9 Å². The molecule has 1 rings (SSSR count). The van der Waals surface area contributed by atoms with E-state index in [4.69, 9.17) is 28.3 Å². The molecule has 0 aromatic heterocycles. The first-order chi connectivity index (χ1) is 8.66. The predicted molar refractivity (Wildman–Crippen MR) is 75.0 cm³/mol. The van der Waals surface area contributed by atoms with Gasteiger partial charge in [0.25, 0.3) is 0 Å². The van der Waals surface area contributed by atoms with E-state index in [2.05, 4.69) is 5.32 Å². The zero-order valence-electron chi connectivity index (χ0n) is 10.7. The van der Waals surface area contributed by atoms with Crippen molar-refractivity contribution < 1.29 is 14.7 Å². The molecule has 0 atom stereocenters. The Labute approximate surface area is 121 Å². The second kappa shape index (κ2) is 5.67. The van der Waals surface area contributed by atoms with Crippen LogP contribution in [0.2, 0.25) is 10.0 Å².